The second-order valence-electron chi connectivity index (χ2n) is 5.97. The van der Waals surface area contributed by atoms with Crippen LogP contribution in [0.15, 0.2) is 78.9 Å². The van der Waals surface area contributed by atoms with Crippen molar-refractivity contribution in [1.29, 1.82) is 0 Å². The fraction of sp³-hybridized carbons (Fsp3) is 0.136. The van der Waals surface area contributed by atoms with E-state index < -0.39 is 0 Å². The van der Waals surface area contributed by atoms with Crippen molar-refractivity contribution >= 4 is 11.5 Å². The Labute approximate surface area is 152 Å². The molecule has 3 nitrogen and oxygen atoms in total. The molecular formula is C22H20FNO2. The van der Waals surface area contributed by atoms with Crippen LogP contribution < -0.4 is 10.1 Å². The van der Waals surface area contributed by atoms with Crippen molar-refractivity contribution in [3.63, 3.8) is 0 Å². The van der Waals surface area contributed by atoms with Gasteiger partial charge >= 0.3 is 0 Å². The largest absolute Gasteiger partial charge is 0.497 e. The minimum atomic E-state index is -0.351. The molecule has 0 aliphatic carbocycles. The van der Waals surface area contributed by atoms with Gasteiger partial charge in [0, 0.05) is 17.7 Å². The summed E-state index contributed by atoms with van der Waals surface area (Å²) in [4.78, 5) is 12.7. The fourth-order valence-electron chi connectivity index (χ4n) is 2.76. The molecule has 4 heteroatoms. The van der Waals surface area contributed by atoms with Gasteiger partial charge in [0.25, 0.3) is 0 Å². The molecule has 1 N–H and O–H groups in total. The van der Waals surface area contributed by atoms with E-state index >= 15 is 0 Å². The molecule has 0 aromatic heterocycles. The molecule has 0 amide bonds. The first-order valence-corrected chi connectivity index (χ1v) is 8.40. The van der Waals surface area contributed by atoms with Crippen LogP contribution in [0, 0.1) is 5.82 Å². The van der Waals surface area contributed by atoms with E-state index in [0.29, 0.717) is 5.56 Å². The highest BCUT2D eigenvalue weighted by atomic mass is 19.1. The topological polar surface area (TPSA) is 38.3 Å². The van der Waals surface area contributed by atoms with E-state index in [1.165, 1.54) is 24.3 Å². The van der Waals surface area contributed by atoms with E-state index in [9.17, 15) is 9.18 Å². The third-order valence-electron chi connectivity index (χ3n) is 4.19. The van der Waals surface area contributed by atoms with Crippen molar-refractivity contribution in [2.45, 2.75) is 12.5 Å². The standard InChI is InChI=1S/C22H20FNO2/c1-26-20-13-9-16(10-14-20)21(24-19-5-3-2-4-6-19)15-22(25)17-7-11-18(23)12-8-17/h2-14,21,24H,15H2,1H3. The predicted molar refractivity (Wildman–Crippen MR) is 101 cm³/mol. The zero-order valence-corrected chi connectivity index (χ0v) is 14.5. The number of para-hydroxylation sites is 1. The van der Waals surface area contributed by atoms with Gasteiger partial charge in [-0.1, -0.05) is 30.3 Å². The highest BCUT2D eigenvalue weighted by Gasteiger charge is 2.17. The second-order valence-corrected chi connectivity index (χ2v) is 5.97. The number of ether oxygens (including phenoxy) is 1. The van der Waals surface area contributed by atoms with Crippen molar-refractivity contribution < 1.29 is 13.9 Å². The van der Waals surface area contributed by atoms with Crippen LogP contribution in [-0.2, 0) is 0 Å². The molecule has 0 fully saturated rings. The molecule has 1 atom stereocenters. The van der Waals surface area contributed by atoms with Crippen LogP contribution >= 0.6 is 0 Å². The Balaban J connectivity index is 1.83. The number of rotatable bonds is 7. The predicted octanol–water partition coefficient (Wildman–Crippen LogP) is 5.26. The lowest BCUT2D eigenvalue weighted by Gasteiger charge is -2.20. The molecule has 132 valence electrons. The number of methoxy groups -OCH3 is 1. The van der Waals surface area contributed by atoms with E-state index in [1.54, 1.807) is 7.11 Å². The summed E-state index contributed by atoms with van der Waals surface area (Å²) in [5, 5.41) is 3.41. The highest BCUT2D eigenvalue weighted by molar-refractivity contribution is 5.96. The highest BCUT2D eigenvalue weighted by Crippen LogP contribution is 2.26. The van der Waals surface area contributed by atoms with Gasteiger partial charge in [0.1, 0.15) is 11.6 Å². The maximum atomic E-state index is 13.1. The van der Waals surface area contributed by atoms with Crippen molar-refractivity contribution in [2.24, 2.45) is 0 Å². The summed E-state index contributed by atoms with van der Waals surface area (Å²) in [6, 6.07) is 22.8. The first-order chi connectivity index (χ1) is 12.7. The zero-order valence-electron chi connectivity index (χ0n) is 14.5. The third kappa shape index (κ3) is 4.48. The minimum absolute atomic E-state index is 0.0470. The van der Waals surface area contributed by atoms with Gasteiger partial charge in [0.05, 0.1) is 13.2 Å². The van der Waals surface area contributed by atoms with E-state index in [2.05, 4.69) is 5.32 Å². The maximum Gasteiger partial charge on any atom is 0.165 e. The van der Waals surface area contributed by atoms with Crippen molar-refractivity contribution in [3.8, 4) is 5.75 Å². The van der Waals surface area contributed by atoms with E-state index in [-0.39, 0.29) is 24.1 Å². The molecule has 0 aliphatic rings. The summed E-state index contributed by atoms with van der Waals surface area (Å²) >= 11 is 0. The second kappa shape index (κ2) is 8.30. The lowest BCUT2D eigenvalue weighted by Crippen LogP contribution is -2.16. The van der Waals surface area contributed by atoms with E-state index in [0.717, 1.165) is 17.0 Å². The summed E-state index contributed by atoms with van der Waals surface area (Å²) in [5.74, 6) is 0.363. The number of ketones is 1. The molecular weight excluding hydrogens is 329 g/mol. The molecule has 3 rings (SSSR count). The molecule has 1 unspecified atom stereocenters. The van der Waals surface area contributed by atoms with Crippen LogP contribution in [0.4, 0.5) is 10.1 Å². The summed E-state index contributed by atoms with van der Waals surface area (Å²) in [6.07, 6.45) is 0.257. The molecule has 0 heterocycles. The quantitative estimate of drug-likeness (QED) is 0.591. The van der Waals surface area contributed by atoms with E-state index in [4.69, 9.17) is 4.74 Å². The molecule has 0 saturated carbocycles. The van der Waals surface area contributed by atoms with Crippen LogP contribution in [0.3, 0.4) is 0 Å². The normalized spacial score (nSPS) is 11.6. The van der Waals surface area contributed by atoms with Crippen LogP contribution in [0.2, 0.25) is 0 Å². The minimum Gasteiger partial charge on any atom is -0.497 e. The number of carbonyl (C=O) groups excluding carboxylic acids is 1. The average molecular weight is 349 g/mol. The van der Waals surface area contributed by atoms with Gasteiger partial charge in [-0.25, -0.2) is 4.39 Å². The summed E-state index contributed by atoms with van der Waals surface area (Å²) in [6.45, 7) is 0. The number of nitrogens with one attached hydrogen (secondary N) is 1. The Hall–Kier alpha value is -3.14. The van der Waals surface area contributed by atoms with Crippen molar-refractivity contribution in [1.82, 2.24) is 0 Å². The number of hydrogen-bond acceptors (Lipinski definition) is 3. The van der Waals surface area contributed by atoms with Crippen LogP contribution in [0.25, 0.3) is 0 Å². The molecule has 0 bridgehead atoms. The monoisotopic (exact) mass is 349 g/mol. The average Bonchev–Trinajstić information content (AvgIpc) is 2.69. The van der Waals surface area contributed by atoms with Gasteiger partial charge in [-0.3, -0.25) is 4.79 Å². The number of benzene rings is 3. The maximum absolute atomic E-state index is 13.1. The van der Waals surface area contributed by atoms with E-state index in [1.807, 2.05) is 54.6 Å². The van der Waals surface area contributed by atoms with Crippen molar-refractivity contribution in [3.05, 3.63) is 95.8 Å². The Bertz CT molecular complexity index is 846. The number of hydrogen-bond donors (Lipinski definition) is 1. The number of anilines is 1. The molecule has 3 aromatic carbocycles. The third-order valence-corrected chi connectivity index (χ3v) is 4.19. The molecule has 0 aliphatic heterocycles. The van der Waals surface area contributed by atoms with Crippen LogP contribution in [0.1, 0.15) is 28.4 Å². The lowest BCUT2D eigenvalue weighted by atomic mass is 9.97. The molecule has 26 heavy (non-hydrogen) atoms. The Morgan fingerprint density at radius 3 is 2.23 bits per heavy atom. The van der Waals surface area contributed by atoms with Gasteiger partial charge in [-0.05, 0) is 54.1 Å². The van der Waals surface area contributed by atoms with Crippen molar-refractivity contribution in [2.75, 3.05) is 12.4 Å². The first kappa shape index (κ1) is 17.7. The Morgan fingerprint density at radius 2 is 1.62 bits per heavy atom. The van der Waals surface area contributed by atoms with Crippen LogP contribution in [0.5, 0.6) is 5.75 Å². The van der Waals surface area contributed by atoms with Crippen LogP contribution in [-0.4, -0.2) is 12.9 Å². The number of halogens is 1. The summed E-state index contributed by atoms with van der Waals surface area (Å²) in [7, 11) is 1.62. The lowest BCUT2D eigenvalue weighted by molar-refractivity contribution is 0.0976. The SMILES string of the molecule is COc1ccc(C(CC(=O)c2ccc(F)cc2)Nc2ccccc2)cc1. The molecule has 0 radical (unpaired) electrons. The van der Waals surface area contributed by atoms with Gasteiger partial charge in [-0.15, -0.1) is 0 Å². The Kier molecular flexibility index (Phi) is 5.64. The zero-order chi connectivity index (χ0) is 18.4. The van der Waals surface area contributed by atoms with Gasteiger partial charge < -0.3 is 10.1 Å². The Morgan fingerprint density at radius 1 is 0.962 bits per heavy atom. The van der Waals surface area contributed by atoms with Gasteiger partial charge in [0.15, 0.2) is 5.78 Å². The number of Topliss-reactive ketones (excluding diaryl/α,β-unsaturated/α-hetero) is 1. The fourth-order valence-corrected chi connectivity index (χ4v) is 2.76. The summed E-state index contributed by atoms with van der Waals surface area (Å²) in [5.41, 5.74) is 2.41. The first-order valence-electron chi connectivity index (χ1n) is 8.40. The van der Waals surface area contributed by atoms with Gasteiger partial charge in [-0.2, -0.15) is 0 Å². The summed E-state index contributed by atoms with van der Waals surface area (Å²) < 4.78 is 18.3. The number of carbonyl (C=O) groups is 1. The molecule has 0 saturated heterocycles. The van der Waals surface area contributed by atoms with Gasteiger partial charge in [0.2, 0.25) is 0 Å². The smallest absolute Gasteiger partial charge is 0.165 e. The molecule has 3 aromatic rings. The molecule has 0 spiro atoms.